The van der Waals surface area contributed by atoms with Crippen molar-refractivity contribution in [3.63, 3.8) is 0 Å². The number of nitrogens with zero attached hydrogens (tertiary/aromatic N) is 1. The van der Waals surface area contributed by atoms with Gasteiger partial charge in [0.2, 0.25) is 0 Å². The Labute approximate surface area is 128 Å². The Hall–Kier alpha value is -1.64. The lowest BCUT2D eigenvalue weighted by Gasteiger charge is -2.24. The van der Waals surface area contributed by atoms with Crippen LogP contribution >= 0.6 is 0 Å². The Morgan fingerprint density at radius 2 is 1.52 bits per heavy atom. The van der Waals surface area contributed by atoms with E-state index in [4.69, 9.17) is 5.73 Å². The van der Waals surface area contributed by atoms with Crippen molar-refractivity contribution in [3.05, 3.63) is 60.2 Å². The van der Waals surface area contributed by atoms with E-state index >= 15 is 0 Å². The van der Waals surface area contributed by atoms with Crippen molar-refractivity contribution in [1.82, 2.24) is 4.90 Å². The topological polar surface area (TPSA) is 29.3 Å². The first-order valence-electron chi connectivity index (χ1n) is 7.88. The number of hydrogen-bond acceptors (Lipinski definition) is 2. The lowest BCUT2D eigenvalue weighted by atomic mass is 10.0. The molecule has 0 aliphatic rings. The molecule has 0 spiro atoms. The summed E-state index contributed by atoms with van der Waals surface area (Å²) in [6, 6.07) is 19.2. The van der Waals surface area contributed by atoms with Gasteiger partial charge >= 0.3 is 0 Å². The van der Waals surface area contributed by atoms with Gasteiger partial charge in [0, 0.05) is 12.6 Å². The number of hydrogen-bond donors (Lipinski definition) is 1. The summed E-state index contributed by atoms with van der Waals surface area (Å²) in [5.41, 5.74) is 10.1. The number of likely N-dealkylation sites (N-methyl/N-ethyl adjacent to an activating group) is 1. The average Bonchev–Trinajstić information content (AvgIpc) is 2.55. The fraction of sp³-hybridized carbons (Fsp3) is 0.368. The fourth-order valence-electron chi connectivity index (χ4n) is 2.63. The molecule has 2 rings (SSSR count). The largest absolute Gasteiger partial charge is 0.323 e. The molecule has 1 unspecified atom stereocenters. The molecule has 0 saturated carbocycles. The number of nitrogens with two attached hydrogens (primary N) is 1. The van der Waals surface area contributed by atoms with Gasteiger partial charge in [-0.05, 0) is 36.2 Å². The van der Waals surface area contributed by atoms with E-state index in [0.717, 1.165) is 19.6 Å². The van der Waals surface area contributed by atoms with Gasteiger partial charge in [0.25, 0.3) is 0 Å². The van der Waals surface area contributed by atoms with E-state index in [0.29, 0.717) is 0 Å². The fourth-order valence-corrected chi connectivity index (χ4v) is 2.63. The molecule has 0 saturated heterocycles. The number of rotatable bonds is 7. The minimum Gasteiger partial charge on any atom is -0.323 e. The van der Waals surface area contributed by atoms with Crippen molar-refractivity contribution in [2.45, 2.75) is 26.3 Å². The molecular formula is C19H26N2. The third kappa shape index (κ3) is 4.42. The molecule has 0 bridgehead atoms. The van der Waals surface area contributed by atoms with Crippen LogP contribution in [0.1, 0.15) is 31.9 Å². The van der Waals surface area contributed by atoms with E-state index < -0.39 is 0 Å². The maximum atomic E-state index is 6.35. The molecule has 0 aliphatic carbocycles. The summed E-state index contributed by atoms with van der Waals surface area (Å²) >= 11 is 0. The second-order valence-electron chi connectivity index (χ2n) is 5.49. The maximum Gasteiger partial charge on any atom is 0.0424 e. The molecule has 2 aromatic carbocycles. The minimum atomic E-state index is 0.0846. The van der Waals surface area contributed by atoms with E-state index in [9.17, 15) is 0 Å². The highest BCUT2D eigenvalue weighted by molar-refractivity contribution is 5.63. The Balaban J connectivity index is 2.04. The number of benzene rings is 2. The Morgan fingerprint density at radius 1 is 0.905 bits per heavy atom. The smallest absolute Gasteiger partial charge is 0.0424 e. The van der Waals surface area contributed by atoms with Crippen molar-refractivity contribution in [2.24, 2.45) is 5.73 Å². The van der Waals surface area contributed by atoms with Gasteiger partial charge in [-0.1, -0.05) is 68.4 Å². The highest BCUT2D eigenvalue weighted by Gasteiger charge is 2.10. The predicted molar refractivity (Wildman–Crippen MR) is 91.2 cm³/mol. The first kappa shape index (κ1) is 15.7. The van der Waals surface area contributed by atoms with Gasteiger partial charge in [-0.3, -0.25) is 0 Å². The Kier molecular flexibility index (Phi) is 5.97. The minimum absolute atomic E-state index is 0.0846. The molecule has 0 amide bonds. The van der Waals surface area contributed by atoms with Crippen molar-refractivity contribution < 1.29 is 0 Å². The summed E-state index contributed by atoms with van der Waals surface area (Å²) in [6.45, 7) is 7.51. The van der Waals surface area contributed by atoms with Gasteiger partial charge in [-0.15, -0.1) is 0 Å². The summed E-state index contributed by atoms with van der Waals surface area (Å²) in [5.74, 6) is 0. The van der Waals surface area contributed by atoms with Gasteiger partial charge in [0.1, 0.15) is 0 Å². The van der Waals surface area contributed by atoms with Crippen LogP contribution in [0.4, 0.5) is 0 Å². The van der Waals surface area contributed by atoms with Crippen molar-refractivity contribution >= 4 is 0 Å². The van der Waals surface area contributed by atoms with Gasteiger partial charge in [0.15, 0.2) is 0 Å². The van der Waals surface area contributed by atoms with Crippen LogP contribution < -0.4 is 5.73 Å². The molecule has 0 heterocycles. The van der Waals surface area contributed by atoms with Gasteiger partial charge in [0.05, 0.1) is 0 Å². The molecule has 0 aromatic heterocycles. The van der Waals surface area contributed by atoms with Crippen LogP contribution in [0.2, 0.25) is 0 Å². The molecule has 2 heteroatoms. The normalized spacial score (nSPS) is 12.6. The van der Waals surface area contributed by atoms with E-state index in [1.54, 1.807) is 0 Å². The molecule has 0 radical (unpaired) electrons. The third-order valence-electron chi connectivity index (χ3n) is 3.89. The van der Waals surface area contributed by atoms with Crippen LogP contribution in [0, 0.1) is 0 Å². The summed E-state index contributed by atoms with van der Waals surface area (Å²) in [5, 5.41) is 0. The molecule has 0 aliphatic heterocycles. The van der Waals surface area contributed by atoms with E-state index in [1.807, 2.05) is 6.07 Å². The molecule has 1 atom stereocenters. The highest BCUT2D eigenvalue weighted by atomic mass is 15.1. The van der Waals surface area contributed by atoms with Crippen molar-refractivity contribution in [2.75, 3.05) is 19.6 Å². The second-order valence-corrected chi connectivity index (χ2v) is 5.49. The Bertz CT molecular complexity index is 519. The van der Waals surface area contributed by atoms with Crippen LogP contribution in [0.3, 0.4) is 0 Å². The molecule has 2 nitrogen and oxygen atoms in total. The SMILES string of the molecule is CCCN(CC)CC(N)c1ccc(-c2ccccc2)cc1. The lowest BCUT2D eigenvalue weighted by molar-refractivity contribution is 0.271. The third-order valence-corrected chi connectivity index (χ3v) is 3.89. The van der Waals surface area contributed by atoms with Crippen LogP contribution in [0.15, 0.2) is 54.6 Å². The highest BCUT2D eigenvalue weighted by Crippen LogP contribution is 2.21. The zero-order chi connectivity index (χ0) is 15.1. The zero-order valence-electron chi connectivity index (χ0n) is 13.1. The van der Waals surface area contributed by atoms with Crippen LogP contribution in [-0.4, -0.2) is 24.5 Å². The average molecular weight is 282 g/mol. The first-order chi connectivity index (χ1) is 10.2. The lowest BCUT2D eigenvalue weighted by Crippen LogP contribution is -2.32. The first-order valence-corrected chi connectivity index (χ1v) is 7.88. The molecular weight excluding hydrogens is 256 g/mol. The molecule has 112 valence electrons. The zero-order valence-corrected chi connectivity index (χ0v) is 13.1. The standard InChI is InChI=1S/C19H26N2/c1-3-14-21(4-2)15-19(20)18-12-10-17(11-13-18)16-8-6-5-7-9-16/h5-13,19H,3-4,14-15,20H2,1-2H3. The van der Waals surface area contributed by atoms with E-state index in [1.165, 1.54) is 23.1 Å². The van der Waals surface area contributed by atoms with Crippen LogP contribution in [0.25, 0.3) is 11.1 Å². The van der Waals surface area contributed by atoms with Gasteiger partial charge in [-0.25, -0.2) is 0 Å². The summed E-state index contributed by atoms with van der Waals surface area (Å²) in [7, 11) is 0. The van der Waals surface area contributed by atoms with Crippen LogP contribution in [-0.2, 0) is 0 Å². The van der Waals surface area contributed by atoms with Crippen LogP contribution in [0.5, 0.6) is 0 Å². The van der Waals surface area contributed by atoms with E-state index in [2.05, 4.69) is 67.3 Å². The molecule has 2 N–H and O–H groups in total. The van der Waals surface area contributed by atoms with E-state index in [-0.39, 0.29) is 6.04 Å². The second kappa shape index (κ2) is 7.96. The summed E-state index contributed by atoms with van der Waals surface area (Å²) in [6.07, 6.45) is 1.17. The van der Waals surface area contributed by atoms with Crippen molar-refractivity contribution in [3.8, 4) is 11.1 Å². The summed E-state index contributed by atoms with van der Waals surface area (Å²) < 4.78 is 0. The maximum absolute atomic E-state index is 6.35. The van der Waals surface area contributed by atoms with Crippen molar-refractivity contribution in [1.29, 1.82) is 0 Å². The molecule has 0 fully saturated rings. The molecule has 2 aromatic rings. The predicted octanol–water partition coefficient (Wildman–Crippen LogP) is 4.09. The molecule has 21 heavy (non-hydrogen) atoms. The Morgan fingerprint density at radius 3 is 2.10 bits per heavy atom. The van der Waals surface area contributed by atoms with Gasteiger partial charge in [-0.2, -0.15) is 0 Å². The summed E-state index contributed by atoms with van der Waals surface area (Å²) in [4.78, 5) is 2.41. The monoisotopic (exact) mass is 282 g/mol. The van der Waals surface area contributed by atoms with Gasteiger partial charge < -0.3 is 10.6 Å². The quantitative estimate of drug-likeness (QED) is 0.829.